The maximum atomic E-state index is 8.12. The Hall–Kier alpha value is -1.42. The molecule has 1 saturated heterocycles. The lowest BCUT2D eigenvalue weighted by molar-refractivity contribution is -0.191. The van der Waals surface area contributed by atoms with Gasteiger partial charge in [-0.3, -0.25) is 0 Å². The highest BCUT2D eigenvalue weighted by Crippen LogP contribution is 2.35. The minimum absolute atomic E-state index is 0.0544. The minimum Gasteiger partial charge on any atom is -0.462 e. The van der Waals surface area contributed by atoms with E-state index in [2.05, 4.69) is 0 Å². The van der Waals surface area contributed by atoms with E-state index in [1.54, 1.807) is 0 Å². The first-order valence-electron chi connectivity index (χ1n) is 4.88. The SMILES string of the molecule is C/C=C/C1=C[C@H]2OC(C)(C)O[C@H]2O1.O=C=O. The van der Waals surface area contributed by atoms with Gasteiger partial charge in [0.25, 0.3) is 0 Å². The van der Waals surface area contributed by atoms with Crippen molar-refractivity contribution in [3.8, 4) is 0 Å². The van der Waals surface area contributed by atoms with E-state index in [4.69, 9.17) is 23.8 Å². The molecule has 0 spiro atoms. The van der Waals surface area contributed by atoms with E-state index in [9.17, 15) is 0 Å². The highest BCUT2D eigenvalue weighted by atomic mass is 16.8. The van der Waals surface area contributed by atoms with Crippen LogP contribution in [0, 0.1) is 0 Å². The Bertz CT molecular complexity index is 336. The molecule has 0 aromatic heterocycles. The molecule has 5 heteroatoms. The van der Waals surface area contributed by atoms with Crippen molar-refractivity contribution in [1.29, 1.82) is 0 Å². The number of rotatable bonds is 1. The lowest BCUT2D eigenvalue weighted by atomic mass is 10.3. The maximum absolute atomic E-state index is 8.12. The second kappa shape index (κ2) is 5.07. The molecule has 0 aliphatic carbocycles. The van der Waals surface area contributed by atoms with Crippen molar-refractivity contribution in [1.82, 2.24) is 0 Å². The molecule has 5 nitrogen and oxygen atoms in total. The highest BCUT2D eigenvalue weighted by molar-refractivity contribution is 5.20. The number of ether oxygens (including phenoxy) is 3. The fourth-order valence-corrected chi connectivity index (χ4v) is 1.56. The summed E-state index contributed by atoms with van der Waals surface area (Å²) in [4.78, 5) is 16.2. The van der Waals surface area contributed by atoms with Crippen molar-refractivity contribution < 1.29 is 23.8 Å². The lowest BCUT2D eigenvalue weighted by Crippen LogP contribution is -2.22. The number of fused-ring (bicyclic) bond motifs is 1. The summed E-state index contributed by atoms with van der Waals surface area (Å²) in [6.07, 6.45) is 5.71. The molecule has 2 heterocycles. The molecule has 0 unspecified atom stereocenters. The van der Waals surface area contributed by atoms with E-state index < -0.39 is 5.79 Å². The molecule has 0 aromatic carbocycles. The van der Waals surface area contributed by atoms with E-state index in [0.717, 1.165) is 5.76 Å². The van der Waals surface area contributed by atoms with Crippen LogP contribution in [-0.2, 0) is 23.8 Å². The van der Waals surface area contributed by atoms with E-state index >= 15 is 0 Å². The first-order valence-corrected chi connectivity index (χ1v) is 4.88. The Morgan fingerprint density at radius 1 is 1.38 bits per heavy atom. The van der Waals surface area contributed by atoms with Gasteiger partial charge in [0.05, 0.1) is 0 Å². The van der Waals surface area contributed by atoms with Crippen molar-refractivity contribution in [3.63, 3.8) is 0 Å². The van der Waals surface area contributed by atoms with E-state index in [-0.39, 0.29) is 18.5 Å². The van der Waals surface area contributed by atoms with Crippen LogP contribution in [0.4, 0.5) is 0 Å². The molecule has 2 atom stereocenters. The van der Waals surface area contributed by atoms with Crippen molar-refractivity contribution in [3.05, 3.63) is 24.0 Å². The van der Waals surface area contributed by atoms with Crippen molar-refractivity contribution >= 4 is 6.15 Å². The van der Waals surface area contributed by atoms with Crippen LogP contribution in [0.25, 0.3) is 0 Å². The van der Waals surface area contributed by atoms with Crippen LogP contribution in [0.15, 0.2) is 24.0 Å². The van der Waals surface area contributed by atoms with Gasteiger partial charge in [-0.25, -0.2) is 0 Å². The Morgan fingerprint density at radius 3 is 2.50 bits per heavy atom. The summed E-state index contributed by atoms with van der Waals surface area (Å²) in [6.45, 7) is 5.72. The van der Waals surface area contributed by atoms with Gasteiger partial charge in [0, 0.05) is 0 Å². The van der Waals surface area contributed by atoms with Gasteiger partial charge in [-0.15, -0.1) is 0 Å². The summed E-state index contributed by atoms with van der Waals surface area (Å²) in [5.74, 6) is 0.306. The Kier molecular flexibility index (Phi) is 4.01. The fraction of sp³-hybridized carbons (Fsp3) is 0.545. The van der Waals surface area contributed by atoms with E-state index in [1.165, 1.54) is 0 Å². The number of hydrogen-bond donors (Lipinski definition) is 0. The van der Waals surface area contributed by atoms with Crippen LogP contribution in [0.1, 0.15) is 20.8 Å². The van der Waals surface area contributed by atoms with Crippen LogP contribution >= 0.6 is 0 Å². The van der Waals surface area contributed by atoms with Gasteiger partial charge in [-0.05, 0) is 32.9 Å². The summed E-state index contributed by atoms with van der Waals surface area (Å²) in [6, 6.07) is 0. The molecule has 0 N–H and O–H groups in total. The number of allylic oxidation sites excluding steroid dienone is 2. The van der Waals surface area contributed by atoms with Gasteiger partial charge in [0.15, 0.2) is 5.79 Å². The Labute approximate surface area is 93.7 Å². The van der Waals surface area contributed by atoms with Crippen LogP contribution in [0.2, 0.25) is 0 Å². The number of hydrogen-bond acceptors (Lipinski definition) is 5. The molecule has 0 bridgehead atoms. The van der Waals surface area contributed by atoms with Gasteiger partial charge in [-0.2, -0.15) is 9.59 Å². The van der Waals surface area contributed by atoms with Crippen molar-refractivity contribution in [2.24, 2.45) is 0 Å². The average molecular weight is 226 g/mol. The van der Waals surface area contributed by atoms with Crippen LogP contribution in [0.3, 0.4) is 0 Å². The topological polar surface area (TPSA) is 61.8 Å². The van der Waals surface area contributed by atoms with Gasteiger partial charge in [0.1, 0.15) is 11.9 Å². The molecule has 88 valence electrons. The third-order valence-corrected chi connectivity index (χ3v) is 2.00. The van der Waals surface area contributed by atoms with Gasteiger partial charge in [-0.1, -0.05) is 6.08 Å². The predicted octanol–water partition coefficient (Wildman–Crippen LogP) is 1.37. The zero-order valence-corrected chi connectivity index (χ0v) is 9.43. The van der Waals surface area contributed by atoms with Crippen LogP contribution < -0.4 is 0 Å². The van der Waals surface area contributed by atoms with Gasteiger partial charge in [0.2, 0.25) is 6.29 Å². The molecule has 0 radical (unpaired) electrons. The molecule has 0 amide bonds. The molecule has 2 aliphatic rings. The summed E-state index contributed by atoms with van der Waals surface area (Å²) in [5, 5.41) is 0. The maximum Gasteiger partial charge on any atom is 0.373 e. The molecular weight excluding hydrogens is 212 g/mol. The normalized spacial score (nSPS) is 29.8. The monoisotopic (exact) mass is 226 g/mol. The largest absolute Gasteiger partial charge is 0.462 e. The van der Waals surface area contributed by atoms with Gasteiger partial charge < -0.3 is 14.2 Å². The third kappa shape index (κ3) is 3.03. The molecule has 0 saturated carbocycles. The second-order valence-corrected chi connectivity index (χ2v) is 3.74. The van der Waals surface area contributed by atoms with Crippen LogP contribution in [-0.4, -0.2) is 24.3 Å². The standard InChI is InChI=1S/C10H14O3.CO2/c1-4-5-7-6-8-9(11-7)13-10(2,3)12-8;2-1-3/h4-6,8-9H,1-3H3;/b5-4+;/t8-,9-;/m1./s1. The summed E-state index contributed by atoms with van der Waals surface area (Å²) in [7, 11) is 0. The van der Waals surface area contributed by atoms with Crippen molar-refractivity contribution in [2.75, 3.05) is 0 Å². The van der Waals surface area contributed by atoms with E-state index in [1.807, 2.05) is 39.0 Å². The highest BCUT2D eigenvalue weighted by Gasteiger charge is 2.45. The summed E-state index contributed by atoms with van der Waals surface area (Å²) < 4.78 is 16.6. The fourth-order valence-electron chi connectivity index (χ4n) is 1.56. The second-order valence-electron chi connectivity index (χ2n) is 3.74. The van der Waals surface area contributed by atoms with E-state index in [0.29, 0.717) is 0 Å². The van der Waals surface area contributed by atoms with Crippen LogP contribution in [0.5, 0.6) is 0 Å². The molecule has 2 aliphatic heterocycles. The summed E-state index contributed by atoms with van der Waals surface area (Å²) in [5.41, 5.74) is 0. The first-order chi connectivity index (χ1) is 7.52. The van der Waals surface area contributed by atoms with Gasteiger partial charge >= 0.3 is 6.15 Å². The Morgan fingerprint density at radius 2 is 2.00 bits per heavy atom. The zero-order valence-electron chi connectivity index (χ0n) is 9.43. The Balaban J connectivity index is 0.000000386. The predicted molar refractivity (Wildman–Crippen MR) is 52.8 cm³/mol. The molecule has 1 fully saturated rings. The number of carbonyl (C=O) groups excluding carboxylic acids is 2. The lowest BCUT2D eigenvalue weighted by Gasteiger charge is -2.17. The summed E-state index contributed by atoms with van der Waals surface area (Å²) >= 11 is 0. The zero-order chi connectivity index (χ0) is 12.2. The van der Waals surface area contributed by atoms with Crippen molar-refractivity contribution in [2.45, 2.75) is 39.0 Å². The molecular formula is C11H14O5. The first kappa shape index (κ1) is 12.6. The average Bonchev–Trinajstić information content (AvgIpc) is 2.59. The molecule has 16 heavy (non-hydrogen) atoms. The quantitative estimate of drug-likeness (QED) is 0.675. The molecule has 0 aromatic rings. The molecule has 2 rings (SSSR count). The minimum atomic E-state index is -0.521. The third-order valence-electron chi connectivity index (χ3n) is 2.00. The smallest absolute Gasteiger partial charge is 0.373 e.